The van der Waals surface area contributed by atoms with Gasteiger partial charge in [0.2, 0.25) is 0 Å². The summed E-state index contributed by atoms with van der Waals surface area (Å²) in [5.41, 5.74) is 0.989. The molecule has 1 rings (SSSR count). The lowest BCUT2D eigenvalue weighted by molar-refractivity contribution is -0.120. The molecule has 0 amide bonds. The Morgan fingerprint density at radius 2 is 1.87 bits per heavy atom. The van der Waals surface area contributed by atoms with E-state index in [1.165, 1.54) is 6.08 Å². The molecule has 2 unspecified atom stereocenters. The number of carbonyl (C=O) groups excluding carboxylic acids is 1. The summed E-state index contributed by atoms with van der Waals surface area (Å²) in [5.74, 6) is -0.390. The van der Waals surface area contributed by atoms with Gasteiger partial charge in [-0.25, -0.2) is 0 Å². The van der Waals surface area contributed by atoms with Gasteiger partial charge in [0.05, 0.1) is 6.10 Å². The molecule has 0 spiro atoms. The summed E-state index contributed by atoms with van der Waals surface area (Å²) in [6.45, 7) is 3.35. The first-order valence-electron chi connectivity index (χ1n) is 5.06. The van der Waals surface area contributed by atoms with Gasteiger partial charge in [-0.05, 0) is 18.6 Å². The number of hydrogen-bond acceptors (Lipinski definition) is 2. The first kappa shape index (κ1) is 11.7. The fourth-order valence-electron chi connectivity index (χ4n) is 1.13. The highest BCUT2D eigenvalue weighted by atomic mass is 16.3. The minimum atomic E-state index is -0.599. The molecular formula is C13H16O2. The second-order valence-electron chi connectivity index (χ2n) is 3.68. The number of benzene rings is 1. The van der Waals surface area contributed by atoms with Gasteiger partial charge in [0.25, 0.3) is 0 Å². The summed E-state index contributed by atoms with van der Waals surface area (Å²) in [5, 5.41) is 9.23. The minimum Gasteiger partial charge on any atom is -0.393 e. The Kier molecular flexibility index (Phi) is 4.25. The van der Waals surface area contributed by atoms with Crippen molar-refractivity contribution in [1.29, 1.82) is 0 Å². The standard InChI is InChI=1S/C13H16O2/c1-10(11(2)14)13(15)9-8-12-6-4-3-5-7-12/h3-11,14H,1-2H3. The van der Waals surface area contributed by atoms with Gasteiger partial charge in [0, 0.05) is 5.92 Å². The normalized spacial score (nSPS) is 15.1. The van der Waals surface area contributed by atoms with Crippen LogP contribution in [0.2, 0.25) is 0 Å². The SMILES string of the molecule is CC(O)C(C)C(=O)C=Cc1ccccc1. The third-order valence-electron chi connectivity index (χ3n) is 2.41. The van der Waals surface area contributed by atoms with E-state index < -0.39 is 6.10 Å². The molecule has 0 radical (unpaired) electrons. The molecule has 1 aromatic carbocycles. The average Bonchev–Trinajstić information content (AvgIpc) is 2.26. The molecule has 0 saturated heterocycles. The maximum absolute atomic E-state index is 11.5. The summed E-state index contributed by atoms with van der Waals surface area (Å²) >= 11 is 0. The van der Waals surface area contributed by atoms with E-state index in [9.17, 15) is 9.90 Å². The van der Waals surface area contributed by atoms with Crippen molar-refractivity contribution in [2.24, 2.45) is 5.92 Å². The van der Waals surface area contributed by atoms with Crippen LogP contribution in [0.5, 0.6) is 0 Å². The molecule has 2 nitrogen and oxygen atoms in total. The van der Waals surface area contributed by atoms with Gasteiger partial charge < -0.3 is 5.11 Å². The molecule has 1 aromatic rings. The smallest absolute Gasteiger partial charge is 0.161 e. The van der Waals surface area contributed by atoms with Gasteiger partial charge in [-0.15, -0.1) is 0 Å². The topological polar surface area (TPSA) is 37.3 Å². The lowest BCUT2D eigenvalue weighted by Gasteiger charge is -2.09. The summed E-state index contributed by atoms with van der Waals surface area (Å²) in [7, 11) is 0. The Hall–Kier alpha value is -1.41. The van der Waals surface area contributed by atoms with Crippen LogP contribution in [-0.4, -0.2) is 17.0 Å². The molecule has 0 aromatic heterocycles. The summed E-state index contributed by atoms with van der Waals surface area (Å²) in [4.78, 5) is 11.5. The predicted molar refractivity (Wildman–Crippen MR) is 61.3 cm³/mol. The van der Waals surface area contributed by atoms with Gasteiger partial charge in [-0.1, -0.05) is 43.3 Å². The van der Waals surface area contributed by atoms with E-state index in [0.29, 0.717) is 0 Å². The summed E-state index contributed by atoms with van der Waals surface area (Å²) in [6, 6.07) is 9.62. The number of carbonyl (C=O) groups is 1. The summed E-state index contributed by atoms with van der Waals surface area (Å²) < 4.78 is 0. The van der Waals surface area contributed by atoms with Crippen molar-refractivity contribution < 1.29 is 9.90 Å². The van der Waals surface area contributed by atoms with E-state index in [4.69, 9.17) is 0 Å². The van der Waals surface area contributed by atoms with Crippen molar-refractivity contribution in [3.05, 3.63) is 42.0 Å². The number of ketones is 1. The number of allylic oxidation sites excluding steroid dienone is 1. The molecule has 2 heteroatoms. The fraction of sp³-hybridized carbons (Fsp3) is 0.308. The molecule has 80 valence electrons. The average molecular weight is 204 g/mol. The molecule has 1 N–H and O–H groups in total. The molecule has 15 heavy (non-hydrogen) atoms. The van der Waals surface area contributed by atoms with Crippen molar-refractivity contribution in [3.8, 4) is 0 Å². The Morgan fingerprint density at radius 1 is 1.27 bits per heavy atom. The maximum Gasteiger partial charge on any atom is 0.161 e. The van der Waals surface area contributed by atoms with E-state index in [0.717, 1.165) is 5.56 Å². The van der Waals surface area contributed by atoms with Crippen molar-refractivity contribution in [1.82, 2.24) is 0 Å². The summed E-state index contributed by atoms with van der Waals surface area (Å²) in [6.07, 6.45) is 2.69. The Labute approximate surface area is 90.3 Å². The third-order valence-corrected chi connectivity index (χ3v) is 2.41. The van der Waals surface area contributed by atoms with Crippen LogP contribution >= 0.6 is 0 Å². The first-order valence-corrected chi connectivity index (χ1v) is 5.06. The molecule has 0 fully saturated rings. The molecule has 0 aliphatic carbocycles. The van der Waals surface area contributed by atoms with E-state index >= 15 is 0 Å². The molecule has 0 saturated carbocycles. The van der Waals surface area contributed by atoms with E-state index in [1.807, 2.05) is 30.3 Å². The highest BCUT2D eigenvalue weighted by Gasteiger charge is 2.14. The van der Waals surface area contributed by atoms with Gasteiger partial charge in [0.15, 0.2) is 5.78 Å². The zero-order valence-electron chi connectivity index (χ0n) is 9.05. The third kappa shape index (κ3) is 3.68. The lowest BCUT2D eigenvalue weighted by atomic mass is 10.00. The van der Waals surface area contributed by atoms with Crippen LogP contribution < -0.4 is 0 Å². The molecule has 0 bridgehead atoms. The zero-order valence-corrected chi connectivity index (χ0v) is 9.05. The van der Waals surface area contributed by atoms with Crippen molar-refractivity contribution in [2.75, 3.05) is 0 Å². The van der Waals surface area contributed by atoms with Gasteiger partial charge in [0.1, 0.15) is 0 Å². The Morgan fingerprint density at radius 3 is 2.40 bits per heavy atom. The van der Waals surface area contributed by atoms with Gasteiger partial charge in [-0.3, -0.25) is 4.79 Å². The molecule has 2 atom stereocenters. The van der Waals surface area contributed by atoms with Crippen LogP contribution in [0.25, 0.3) is 6.08 Å². The number of aliphatic hydroxyl groups is 1. The maximum atomic E-state index is 11.5. The van der Waals surface area contributed by atoms with Gasteiger partial charge in [-0.2, -0.15) is 0 Å². The fourth-order valence-corrected chi connectivity index (χ4v) is 1.13. The number of hydrogen-bond donors (Lipinski definition) is 1. The van der Waals surface area contributed by atoms with E-state index in [-0.39, 0.29) is 11.7 Å². The molecule has 0 heterocycles. The zero-order chi connectivity index (χ0) is 11.3. The monoisotopic (exact) mass is 204 g/mol. The molecular weight excluding hydrogens is 188 g/mol. The first-order chi connectivity index (χ1) is 7.11. The lowest BCUT2D eigenvalue weighted by Crippen LogP contribution is -2.20. The van der Waals surface area contributed by atoms with Crippen LogP contribution in [0.3, 0.4) is 0 Å². The van der Waals surface area contributed by atoms with E-state index in [1.54, 1.807) is 19.9 Å². The predicted octanol–water partition coefficient (Wildman–Crippen LogP) is 2.29. The van der Waals surface area contributed by atoms with Crippen LogP contribution in [0, 0.1) is 5.92 Å². The van der Waals surface area contributed by atoms with Crippen molar-refractivity contribution >= 4 is 11.9 Å². The number of aliphatic hydroxyl groups excluding tert-OH is 1. The number of rotatable bonds is 4. The molecule has 0 aliphatic heterocycles. The second-order valence-corrected chi connectivity index (χ2v) is 3.68. The minimum absolute atomic E-state index is 0.0474. The van der Waals surface area contributed by atoms with Crippen LogP contribution in [0.1, 0.15) is 19.4 Å². The molecule has 0 aliphatic rings. The quantitative estimate of drug-likeness (QED) is 0.764. The Bertz CT molecular complexity index is 339. The largest absolute Gasteiger partial charge is 0.393 e. The van der Waals surface area contributed by atoms with E-state index in [2.05, 4.69) is 0 Å². The Balaban J connectivity index is 2.63. The second kappa shape index (κ2) is 5.47. The highest BCUT2D eigenvalue weighted by molar-refractivity contribution is 5.95. The van der Waals surface area contributed by atoms with Crippen LogP contribution in [0.4, 0.5) is 0 Å². The van der Waals surface area contributed by atoms with Crippen molar-refractivity contribution in [3.63, 3.8) is 0 Å². The van der Waals surface area contributed by atoms with Crippen LogP contribution in [0.15, 0.2) is 36.4 Å². The highest BCUT2D eigenvalue weighted by Crippen LogP contribution is 2.07. The van der Waals surface area contributed by atoms with Gasteiger partial charge >= 0.3 is 0 Å². The van der Waals surface area contributed by atoms with Crippen molar-refractivity contribution in [2.45, 2.75) is 20.0 Å². The van der Waals surface area contributed by atoms with Crippen LogP contribution in [-0.2, 0) is 4.79 Å².